The Kier molecular flexibility index (Phi) is 6.00. The number of furan rings is 1. The maximum Gasteiger partial charge on any atom is 0.252 e. The highest BCUT2D eigenvalue weighted by atomic mass is 28.3. The van der Waals surface area contributed by atoms with E-state index in [1.165, 1.54) is 6.26 Å². The van der Waals surface area contributed by atoms with Gasteiger partial charge in [0.2, 0.25) is 5.95 Å². The molecule has 1 aliphatic carbocycles. The lowest BCUT2D eigenvalue weighted by molar-refractivity contribution is -0.0794. The number of nitrogens with zero attached hydrogens (tertiary/aromatic N) is 4. The Balaban J connectivity index is 1.36. The number of fused-ring (bicyclic) bond motifs is 2. The minimum Gasteiger partial charge on any atom is -0.459 e. The molecule has 8 nitrogen and oxygen atoms in total. The summed E-state index contributed by atoms with van der Waals surface area (Å²) in [6.07, 6.45) is 1.07. The molecule has 0 atom stereocenters. The van der Waals surface area contributed by atoms with Crippen molar-refractivity contribution in [3.05, 3.63) is 36.2 Å². The lowest BCUT2D eigenvalue weighted by Crippen LogP contribution is -2.44. The van der Waals surface area contributed by atoms with E-state index in [2.05, 4.69) is 45.3 Å². The molecule has 186 valence electrons. The number of halogens is 2. The van der Waals surface area contributed by atoms with Gasteiger partial charge in [0.25, 0.3) is 5.92 Å². The number of ether oxygens (including phenoxy) is 1. The molecule has 0 aliphatic heterocycles. The van der Waals surface area contributed by atoms with Crippen molar-refractivity contribution >= 4 is 47.5 Å². The zero-order valence-corrected chi connectivity index (χ0v) is 21.4. The van der Waals surface area contributed by atoms with Crippen molar-refractivity contribution in [1.82, 2.24) is 19.7 Å². The fourth-order valence-electron chi connectivity index (χ4n) is 4.15. The van der Waals surface area contributed by atoms with E-state index in [1.54, 1.807) is 6.07 Å². The lowest BCUT2D eigenvalue weighted by Gasteiger charge is -2.35. The fraction of sp³-hybridized carbons (Fsp3) is 0.458. The van der Waals surface area contributed by atoms with Crippen LogP contribution in [0.3, 0.4) is 0 Å². The van der Waals surface area contributed by atoms with E-state index in [4.69, 9.17) is 9.15 Å². The third kappa shape index (κ3) is 5.30. The first-order chi connectivity index (χ1) is 16.6. The van der Waals surface area contributed by atoms with E-state index >= 15 is 0 Å². The average Bonchev–Trinajstić information content (AvgIpc) is 3.34. The van der Waals surface area contributed by atoms with Gasteiger partial charge in [0.1, 0.15) is 12.2 Å². The molecule has 11 heteroatoms. The van der Waals surface area contributed by atoms with Crippen LogP contribution in [0.1, 0.15) is 18.5 Å². The number of nitrogens with one attached hydrogen (secondary N) is 2. The van der Waals surface area contributed by atoms with Crippen LogP contribution in [0.25, 0.3) is 22.0 Å². The molecular formula is C24H30F2N6O2Si. The van der Waals surface area contributed by atoms with E-state index in [1.807, 2.05) is 29.8 Å². The Labute approximate surface area is 203 Å². The number of anilines is 3. The van der Waals surface area contributed by atoms with E-state index in [0.717, 1.165) is 34.9 Å². The molecule has 1 saturated carbocycles. The maximum absolute atomic E-state index is 13.3. The minimum atomic E-state index is -2.62. The topological polar surface area (TPSA) is 90.0 Å². The van der Waals surface area contributed by atoms with Gasteiger partial charge in [-0.2, -0.15) is 10.1 Å². The molecule has 1 fully saturated rings. The molecule has 1 aliphatic rings. The first-order valence-electron chi connectivity index (χ1n) is 11.8. The number of rotatable bonds is 9. The van der Waals surface area contributed by atoms with Crippen LogP contribution < -0.4 is 10.6 Å². The number of hydrogen-bond acceptors (Lipinski definition) is 7. The van der Waals surface area contributed by atoms with Gasteiger partial charge < -0.3 is 19.8 Å². The van der Waals surface area contributed by atoms with Crippen LogP contribution in [0, 0.1) is 6.92 Å². The van der Waals surface area contributed by atoms with Crippen LogP contribution in [0.4, 0.5) is 26.2 Å². The Morgan fingerprint density at radius 2 is 2.00 bits per heavy atom. The molecule has 0 spiro atoms. The highest BCUT2D eigenvalue weighted by Gasteiger charge is 2.45. The summed E-state index contributed by atoms with van der Waals surface area (Å²) in [5, 5.41) is 12.0. The molecule has 2 N–H and O–H groups in total. The van der Waals surface area contributed by atoms with Gasteiger partial charge in [-0.15, -0.1) is 0 Å². The Morgan fingerprint density at radius 3 is 2.74 bits per heavy atom. The van der Waals surface area contributed by atoms with Crippen molar-refractivity contribution in [2.24, 2.45) is 0 Å². The van der Waals surface area contributed by atoms with Gasteiger partial charge in [0.05, 0.1) is 17.5 Å². The number of aromatic nitrogens is 4. The van der Waals surface area contributed by atoms with Crippen LogP contribution in [0.5, 0.6) is 0 Å². The zero-order chi connectivity index (χ0) is 24.8. The molecule has 3 heterocycles. The number of alkyl halides is 2. The Hall–Kier alpha value is -3.05. The smallest absolute Gasteiger partial charge is 0.252 e. The second-order valence-corrected chi connectivity index (χ2v) is 16.0. The van der Waals surface area contributed by atoms with Crippen molar-refractivity contribution in [2.75, 3.05) is 17.2 Å². The predicted octanol–water partition coefficient (Wildman–Crippen LogP) is 6.15. The van der Waals surface area contributed by atoms with Crippen LogP contribution in [-0.4, -0.2) is 46.4 Å². The molecule has 35 heavy (non-hydrogen) atoms. The average molecular weight is 501 g/mol. The molecule has 5 rings (SSSR count). The summed E-state index contributed by atoms with van der Waals surface area (Å²) in [7, 11) is -1.16. The first kappa shape index (κ1) is 23.7. The second kappa shape index (κ2) is 8.87. The molecule has 0 amide bonds. The third-order valence-electron chi connectivity index (χ3n) is 6.14. The van der Waals surface area contributed by atoms with E-state index < -0.39 is 14.0 Å². The molecular weight excluding hydrogens is 470 g/mol. The highest BCUT2D eigenvalue weighted by Crippen LogP contribution is 2.39. The molecule has 0 unspecified atom stereocenters. The highest BCUT2D eigenvalue weighted by molar-refractivity contribution is 6.76. The van der Waals surface area contributed by atoms with Gasteiger partial charge in [0.15, 0.2) is 11.4 Å². The van der Waals surface area contributed by atoms with Crippen molar-refractivity contribution in [2.45, 2.75) is 64.1 Å². The summed E-state index contributed by atoms with van der Waals surface area (Å²) in [6.45, 7) is 10.1. The van der Waals surface area contributed by atoms with Crippen molar-refractivity contribution in [3.8, 4) is 0 Å². The monoisotopic (exact) mass is 500 g/mol. The predicted molar refractivity (Wildman–Crippen MR) is 135 cm³/mol. The van der Waals surface area contributed by atoms with Crippen LogP contribution >= 0.6 is 0 Å². The van der Waals surface area contributed by atoms with E-state index in [0.29, 0.717) is 29.6 Å². The standard InChI is InChI=1S/C24H30F2N6O2Si/c1-15-18-6-5-16(11-20(18)32(31-15)14-33-9-10-35(2,3)4)28-23-29-19-7-8-34-21(19)22(30-23)27-17-12-24(25,26)13-17/h5-8,11,17H,9-10,12-14H2,1-4H3,(H2,27,28,29,30). The second-order valence-electron chi connectivity index (χ2n) is 10.4. The van der Waals surface area contributed by atoms with E-state index in [9.17, 15) is 8.78 Å². The molecule has 0 bridgehead atoms. The SMILES string of the molecule is Cc1nn(COCC[Si](C)(C)C)c2cc(Nc3nc(NC4CC(F)(F)C4)c4occc4n3)ccc12. The quantitative estimate of drug-likeness (QED) is 0.210. The van der Waals surface area contributed by atoms with Gasteiger partial charge in [-0.1, -0.05) is 19.6 Å². The van der Waals surface area contributed by atoms with Crippen LogP contribution in [-0.2, 0) is 11.5 Å². The first-order valence-corrected chi connectivity index (χ1v) is 15.5. The summed E-state index contributed by atoms with van der Waals surface area (Å²) in [4.78, 5) is 9.03. The minimum absolute atomic E-state index is 0.220. The molecule has 1 aromatic carbocycles. The summed E-state index contributed by atoms with van der Waals surface area (Å²) in [6, 6.07) is 8.40. The molecule has 3 aromatic heterocycles. The summed E-state index contributed by atoms with van der Waals surface area (Å²) in [5.41, 5.74) is 3.70. The largest absolute Gasteiger partial charge is 0.459 e. The van der Waals surface area contributed by atoms with Crippen LogP contribution in [0.15, 0.2) is 34.9 Å². The van der Waals surface area contributed by atoms with Crippen molar-refractivity contribution in [1.29, 1.82) is 0 Å². The lowest BCUT2D eigenvalue weighted by atomic mass is 9.88. The van der Waals surface area contributed by atoms with Gasteiger partial charge in [-0.25, -0.2) is 18.4 Å². The van der Waals surface area contributed by atoms with Crippen molar-refractivity contribution < 1.29 is 17.9 Å². The van der Waals surface area contributed by atoms with Gasteiger partial charge in [0, 0.05) is 50.7 Å². The van der Waals surface area contributed by atoms with Crippen LogP contribution in [0.2, 0.25) is 25.7 Å². The van der Waals surface area contributed by atoms with E-state index in [-0.39, 0.29) is 18.9 Å². The molecule has 0 radical (unpaired) electrons. The number of aryl methyl sites for hydroxylation is 1. The number of hydrogen-bond donors (Lipinski definition) is 2. The van der Waals surface area contributed by atoms with Gasteiger partial charge in [-0.05, 0) is 31.2 Å². The summed E-state index contributed by atoms with van der Waals surface area (Å²) >= 11 is 0. The summed E-state index contributed by atoms with van der Waals surface area (Å²) < 4.78 is 39.9. The summed E-state index contributed by atoms with van der Waals surface area (Å²) in [5.74, 6) is -1.87. The Bertz CT molecular complexity index is 1360. The van der Waals surface area contributed by atoms with Gasteiger partial charge >= 0.3 is 0 Å². The number of benzene rings is 1. The van der Waals surface area contributed by atoms with Crippen molar-refractivity contribution in [3.63, 3.8) is 0 Å². The Morgan fingerprint density at radius 1 is 1.20 bits per heavy atom. The zero-order valence-electron chi connectivity index (χ0n) is 20.4. The maximum atomic E-state index is 13.3. The fourth-order valence-corrected chi connectivity index (χ4v) is 4.91. The molecule has 4 aromatic rings. The van der Waals surface area contributed by atoms with Gasteiger partial charge in [-0.3, -0.25) is 0 Å². The normalized spacial score (nSPS) is 16.1. The molecule has 0 saturated heterocycles. The third-order valence-corrected chi connectivity index (χ3v) is 7.84.